The first kappa shape index (κ1) is 30.9. The summed E-state index contributed by atoms with van der Waals surface area (Å²) in [6, 6.07) is 9.40. The van der Waals surface area contributed by atoms with E-state index in [4.69, 9.17) is 28.9 Å². The van der Waals surface area contributed by atoms with E-state index in [1.54, 1.807) is 24.3 Å². The summed E-state index contributed by atoms with van der Waals surface area (Å²) in [6.07, 6.45) is 8.55. The standard InChI is InChI=1S/C35H41Cl2FN4O3/c1-32(24-7-6-8-25(37)27(24)38)28(30(44)41-33-16-11-20(12-17-33)22(13-18-33)29(39)43)42(2)34(14-4-3-5-15-34)35(32)23-10-9-21(36)19-26(23)40-31(35)45/h6-10,19-20,22,28H,3-5,11-18H2,1-2H3,(H2,39,43)(H,40,45)(H,41,44). The van der Waals surface area contributed by atoms with Crippen LogP contribution in [-0.4, -0.2) is 46.8 Å². The number of benzene rings is 2. The minimum Gasteiger partial charge on any atom is -0.369 e. The van der Waals surface area contributed by atoms with E-state index in [-0.39, 0.29) is 40.1 Å². The summed E-state index contributed by atoms with van der Waals surface area (Å²) in [7, 11) is 1.94. The summed E-state index contributed by atoms with van der Waals surface area (Å²) in [5.41, 5.74) is 3.41. The van der Waals surface area contributed by atoms with Crippen LogP contribution in [0.5, 0.6) is 0 Å². The molecule has 2 aromatic carbocycles. The van der Waals surface area contributed by atoms with Crippen LogP contribution in [0.25, 0.3) is 0 Å². The predicted octanol–water partition coefficient (Wildman–Crippen LogP) is 6.24. The predicted molar refractivity (Wildman–Crippen MR) is 173 cm³/mol. The number of fused-ring (bicyclic) bond motifs is 7. The van der Waals surface area contributed by atoms with Crippen LogP contribution >= 0.6 is 23.2 Å². The second kappa shape index (κ2) is 10.7. The number of likely N-dealkylation sites (N-methyl/N-ethyl adjacent to an activating group) is 1. The number of nitrogens with zero attached hydrogens (tertiary/aromatic N) is 1. The first-order valence-electron chi connectivity index (χ1n) is 16.3. The number of nitrogens with two attached hydrogens (primary N) is 1. The molecule has 1 saturated heterocycles. The van der Waals surface area contributed by atoms with Gasteiger partial charge in [0.1, 0.15) is 17.3 Å². The summed E-state index contributed by atoms with van der Waals surface area (Å²) in [4.78, 5) is 44.4. The molecule has 240 valence electrons. The molecule has 6 aliphatic rings. The van der Waals surface area contributed by atoms with Crippen molar-refractivity contribution in [3.8, 4) is 0 Å². The van der Waals surface area contributed by atoms with Crippen molar-refractivity contribution in [2.45, 2.75) is 106 Å². The first-order chi connectivity index (χ1) is 21.4. The first-order valence-corrected chi connectivity index (χ1v) is 17.1. The fourth-order valence-electron chi connectivity index (χ4n) is 10.8. The third kappa shape index (κ3) is 4.07. The maximum atomic E-state index is 16.5. The van der Waals surface area contributed by atoms with Gasteiger partial charge in [0.05, 0.1) is 5.02 Å². The fraction of sp³-hybridized carbons (Fsp3) is 0.571. The average Bonchev–Trinajstić information content (AvgIpc) is 3.19. The summed E-state index contributed by atoms with van der Waals surface area (Å²) >= 11 is 12.9. The summed E-state index contributed by atoms with van der Waals surface area (Å²) in [5.74, 6) is -1.32. The maximum Gasteiger partial charge on any atom is 0.238 e. The van der Waals surface area contributed by atoms with E-state index in [9.17, 15) is 9.59 Å². The van der Waals surface area contributed by atoms with E-state index in [2.05, 4.69) is 15.5 Å². The lowest BCUT2D eigenvalue weighted by Gasteiger charge is -2.52. The molecule has 8 rings (SSSR count). The molecule has 4 saturated carbocycles. The molecule has 4 N–H and O–H groups in total. The highest BCUT2D eigenvalue weighted by molar-refractivity contribution is 6.31. The van der Waals surface area contributed by atoms with Crippen molar-refractivity contribution in [1.29, 1.82) is 0 Å². The fourth-order valence-corrected chi connectivity index (χ4v) is 11.2. The van der Waals surface area contributed by atoms with E-state index in [1.165, 1.54) is 6.07 Å². The third-order valence-electron chi connectivity index (χ3n) is 12.7. The van der Waals surface area contributed by atoms with Crippen molar-refractivity contribution < 1.29 is 18.8 Å². The van der Waals surface area contributed by atoms with Crippen molar-refractivity contribution in [2.75, 3.05) is 12.4 Å². The van der Waals surface area contributed by atoms with E-state index in [0.717, 1.165) is 50.5 Å². The van der Waals surface area contributed by atoms with Crippen LogP contribution in [0, 0.1) is 17.7 Å². The van der Waals surface area contributed by atoms with Crippen LogP contribution < -0.4 is 16.4 Å². The van der Waals surface area contributed by atoms with Crippen LogP contribution in [0.4, 0.5) is 10.1 Å². The third-order valence-corrected chi connectivity index (χ3v) is 13.3. The normalized spacial score (nSPS) is 35.3. The topological polar surface area (TPSA) is 105 Å². The van der Waals surface area contributed by atoms with Crippen molar-refractivity contribution in [3.63, 3.8) is 0 Å². The van der Waals surface area contributed by atoms with Crippen LogP contribution in [0.3, 0.4) is 0 Å². The number of carbonyl (C=O) groups is 3. The average molecular weight is 656 g/mol. The zero-order valence-electron chi connectivity index (χ0n) is 25.9. The van der Waals surface area contributed by atoms with Gasteiger partial charge in [0, 0.05) is 33.1 Å². The number of primary amides is 1. The Balaban J connectivity index is 1.44. The number of hydrogen-bond acceptors (Lipinski definition) is 4. The van der Waals surface area contributed by atoms with E-state index in [0.29, 0.717) is 36.4 Å². The highest BCUT2D eigenvalue weighted by Crippen LogP contribution is 2.68. The highest BCUT2D eigenvalue weighted by atomic mass is 35.5. The van der Waals surface area contributed by atoms with Gasteiger partial charge >= 0.3 is 0 Å². The van der Waals surface area contributed by atoms with Gasteiger partial charge in [-0.05, 0) is 93.7 Å². The summed E-state index contributed by atoms with van der Waals surface area (Å²) in [6.45, 7) is 1.89. The van der Waals surface area contributed by atoms with Gasteiger partial charge in [0.2, 0.25) is 17.7 Å². The number of amides is 3. The number of rotatable bonds is 4. The van der Waals surface area contributed by atoms with Gasteiger partial charge in [-0.3, -0.25) is 19.3 Å². The van der Waals surface area contributed by atoms with Crippen LogP contribution in [0.1, 0.15) is 88.7 Å². The zero-order valence-corrected chi connectivity index (χ0v) is 27.4. The lowest BCUT2D eigenvalue weighted by Crippen LogP contribution is -2.64. The van der Waals surface area contributed by atoms with Gasteiger partial charge < -0.3 is 16.4 Å². The molecule has 0 aromatic heterocycles. The molecule has 2 aliphatic heterocycles. The van der Waals surface area contributed by atoms with Crippen LogP contribution in [0.2, 0.25) is 10.0 Å². The number of anilines is 1. The maximum absolute atomic E-state index is 16.5. The quantitative estimate of drug-likeness (QED) is 0.363. The minimum atomic E-state index is -1.37. The molecule has 45 heavy (non-hydrogen) atoms. The molecular formula is C35H41Cl2FN4O3. The van der Waals surface area contributed by atoms with Crippen molar-refractivity contribution >= 4 is 46.6 Å². The number of carbonyl (C=O) groups excluding carboxylic acids is 3. The van der Waals surface area contributed by atoms with Gasteiger partial charge in [0.25, 0.3) is 0 Å². The van der Waals surface area contributed by atoms with Gasteiger partial charge in [-0.2, -0.15) is 0 Å². The largest absolute Gasteiger partial charge is 0.369 e. The van der Waals surface area contributed by atoms with Crippen LogP contribution in [0.15, 0.2) is 36.4 Å². The molecule has 4 atom stereocenters. The molecule has 2 spiro atoms. The molecule has 2 aromatic rings. The Bertz CT molecular complexity index is 1590. The van der Waals surface area contributed by atoms with E-state index in [1.807, 2.05) is 20.0 Å². The molecule has 3 amide bonds. The second-order valence-electron chi connectivity index (χ2n) is 14.5. The molecule has 0 radical (unpaired) electrons. The Morgan fingerprint density at radius 3 is 2.38 bits per heavy atom. The van der Waals surface area contributed by atoms with Crippen LogP contribution in [-0.2, 0) is 25.2 Å². The Kier molecular flexibility index (Phi) is 7.34. The van der Waals surface area contributed by atoms with E-state index >= 15 is 9.18 Å². The Labute approximate surface area is 273 Å². The van der Waals surface area contributed by atoms with Gasteiger partial charge in [-0.25, -0.2) is 4.39 Å². The summed E-state index contributed by atoms with van der Waals surface area (Å²) in [5, 5.41) is 7.05. The van der Waals surface area contributed by atoms with E-state index < -0.39 is 33.8 Å². The van der Waals surface area contributed by atoms with Gasteiger partial charge in [-0.15, -0.1) is 0 Å². The smallest absolute Gasteiger partial charge is 0.238 e. The Hall–Kier alpha value is -2.68. The lowest BCUT2D eigenvalue weighted by molar-refractivity contribution is -0.130. The highest BCUT2D eigenvalue weighted by Gasteiger charge is 2.80. The minimum absolute atomic E-state index is 0.0526. The molecule has 2 bridgehead atoms. The number of hydrogen-bond donors (Lipinski definition) is 3. The molecule has 10 heteroatoms. The Morgan fingerprint density at radius 1 is 1.00 bits per heavy atom. The molecule has 4 aliphatic carbocycles. The van der Waals surface area contributed by atoms with Crippen molar-refractivity contribution in [2.24, 2.45) is 17.6 Å². The Morgan fingerprint density at radius 2 is 1.69 bits per heavy atom. The van der Waals surface area contributed by atoms with Crippen molar-refractivity contribution in [1.82, 2.24) is 10.2 Å². The molecule has 5 fully saturated rings. The monoisotopic (exact) mass is 654 g/mol. The lowest BCUT2D eigenvalue weighted by atomic mass is 9.49. The SMILES string of the molecule is CN1C(C(=O)NC23CCC(CC2)C(C(N)=O)CC3)C(C)(c2cccc(Cl)c2F)C2(C(=O)Nc3cc(Cl)ccc32)C12CCCCC2. The summed E-state index contributed by atoms with van der Waals surface area (Å²) < 4.78 is 16.5. The van der Waals surface area contributed by atoms with Crippen molar-refractivity contribution in [3.05, 3.63) is 63.4 Å². The molecule has 7 nitrogen and oxygen atoms in total. The molecule has 2 heterocycles. The second-order valence-corrected chi connectivity index (χ2v) is 15.3. The van der Waals surface area contributed by atoms with Gasteiger partial charge in [0.15, 0.2) is 0 Å². The number of likely N-dealkylation sites (tertiary alicyclic amines) is 1. The zero-order chi connectivity index (χ0) is 31.9. The molecular weight excluding hydrogens is 614 g/mol. The number of nitrogens with one attached hydrogen (secondary N) is 2. The van der Waals surface area contributed by atoms with Gasteiger partial charge in [-0.1, -0.05) is 67.6 Å². The molecule has 4 unspecified atom stereocenters. The number of halogens is 3.